The molecule has 1 N–H and O–H groups in total. The van der Waals surface area contributed by atoms with Gasteiger partial charge in [-0.25, -0.2) is 18.4 Å². The van der Waals surface area contributed by atoms with Gasteiger partial charge in [-0.2, -0.15) is 0 Å². The van der Waals surface area contributed by atoms with Crippen LogP contribution in [0.5, 0.6) is 0 Å². The van der Waals surface area contributed by atoms with Crippen LogP contribution in [0.4, 0.5) is 0 Å². The summed E-state index contributed by atoms with van der Waals surface area (Å²) < 4.78 is 22.2. The molecule has 0 aliphatic rings. The predicted molar refractivity (Wildman–Crippen MR) is 62.8 cm³/mol. The van der Waals surface area contributed by atoms with Crippen LogP contribution in [0.1, 0.15) is 25.2 Å². The van der Waals surface area contributed by atoms with E-state index in [0.717, 1.165) is 6.54 Å². The molecule has 1 aromatic rings. The van der Waals surface area contributed by atoms with Crippen molar-refractivity contribution in [3.05, 3.63) is 24.3 Å². The number of nitrogens with zero attached hydrogens (tertiary/aromatic N) is 2. The number of aromatic nitrogens is 2. The van der Waals surface area contributed by atoms with Gasteiger partial charge >= 0.3 is 0 Å². The van der Waals surface area contributed by atoms with Gasteiger partial charge in [-0.15, -0.1) is 0 Å². The Labute approximate surface area is 96.2 Å². The Morgan fingerprint density at radius 2 is 2.00 bits per heavy atom. The summed E-state index contributed by atoms with van der Waals surface area (Å²) in [6.07, 6.45) is 5.05. The van der Waals surface area contributed by atoms with Crippen LogP contribution in [-0.4, -0.2) is 36.9 Å². The van der Waals surface area contributed by atoms with Crippen LogP contribution < -0.4 is 5.32 Å². The third kappa shape index (κ3) is 4.67. The number of hydrogen-bond acceptors (Lipinski definition) is 5. The molecular formula is C10H17N3O2S. The molecule has 0 saturated heterocycles. The maximum atomic E-state index is 11.1. The molecule has 1 atom stereocenters. The highest BCUT2D eigenvalue weighted by molar-refractivity contribution is 7.90. The molecular weight excluding hydrogens is 226 g/mol. The van der Waals surface area contributed by atoms with Crippen molar-refractivity contribution < 1.29 is 8.42 Å². The third-order valence-electron chi connectivity index (χ3n) is 2.13. The first-order valence-electron chi connectivity index (χ1n) is 5.21. The van der Waals surface area contributed by atoms with Crippen LogP contribution in [0, 0.1) is 0 Å². The van der Waals surface area contributed by atoms with E-state index in [9.17, 15) is 8.42 Å². The van der Waals surface area contributed by atoms with Crippen LogP contribution in [0.2, 0.25) is 0 Å². The highest BCUT2D eigenvalue weighted by Crippen LogP contribution is 2.12. The molecule has 0 amide bonds. The zero-order chi connectivity index (χ0) is 12.0. The second-order valence-electron chi connectivity index (χ2n) is 3.64. The lowest BCUT2D eigenvalue weighted by Crippen LogP contribution is -2.25. The fraction of sp³-hybridized carbons (Fsp3) is 0.600. The average molecular weight is 243 g/mol. The lowest BCUT2D eigenvalue weighted by Gasteiger charge is -2.15. The summed E-state index contributed by atoms with van der Waals surface area (Å²) in [5.41, 5.74) is 0. The Morgan fingerprint density at radius 1 is 1.38 bits per heavy atom. The fourth-order valence-corrected chi connectivity index (χ4v) is 2.06. The molecule has 1 aromatic heterocycles. The van der Waals surface area contributed by atoms with Crippen molar-refractivity contribution in [2.45, 2.75) is 19.4 Å². The second kappa shape index (κ2) is 5.91. The standard InChI is InChI=1S/C10H17N3O2S/c1-3-11-9(5-8-16(2,14)15)10-12-6-4-7-13-10/h4,6-7,9,11H,3,5,8H2,1-2H3. The van der Waals surface area contributed by atoms with Crippen LogP contribution in [-0.2, 0) is 9.84 Å². The summed E-state index contributed by atoms with van der Waals surface area (Å²) >= 11 is 0. The first-order chi connectivity index (χ1) is 7.53. The van der Waals surface area contributed by atoms with Gasteiger partial charge in [0.1, 0.15) is 15.7 Å². The molecule has 16 heavy (non-hydrogen) atoms. The normalized spacial score (nSPS) is 13.6. The first-order valence-corrected chi connectivity index (χ1v) is 7.27. The van der Waals surface area contributed by atoms with Gasteiger partial charge in [0.25, 0.3) is 0 Å². The van der Waals surface area contributed by atoms with E-state index in [1.54, 1.807) is 18.5 Å². The van der Waals surface area contributed by atoms with Gasteiger partial charge in [-0.1, -0.05) is 6.92 Å². The molecule has 90 valence electrons. The molecule has 1 rings (SSSR count). The SMILES string of the molecule is CCNC(CCS(C)(=O)=O)c1ncccn1. The maximum absolute atomic E-state index is 11.1. The molecule has 6 heteroatoms. The van der Waals surface area contributed by atoms with E-state index in [4.69, 9.17) is 0 Å². The number of nitrogens with one attached hydrogen (secondary N) is 1. The highest BCUT2D eigenvalue weighted by Gasteiger charge is 2.15. The molecule has 0 fully saturated rings. The molecule has 0 aliphatic carbocycles. The minimum absolute atomic E-state index is 0.0964. The van der Waals surface area contributed by atoms with Crippen molar-refractivity contribution in [1.29, 1.82) is 0 Å². The molecule has 1 heterocycles. The van der Waals surface area contributed by atoms with Crippen molar-refractivity contribution in [2.75, 3.05) is 18.6 Å². The lowest BCUT2D eigenvalue weighted by molar-refractivity contribution is 0.505. The van der Waals surface area contributed by atoms with Gasteiger partial charge in [-0.05, 0) is 19.0 Å². The van der Waals surface area contributed by atoms with Crippen molar-refractivity contribution in [3.63, 3.8) is 0 Å². The van der Waals surface area contributed by atoms with Crippen LogP contribution in [0.15, 0.2) is 18.5 Å². The van der Waals surface area contributed by atoms with Gasteiger partial charge in [0.05, 0.1) is 11.8 Å². The van der Waals surface area contributed by atoms with E-state index in [-0.39, 0.29) is 11.8 Å². The van der Waals surface area contributed by atoms with E-state index in [2.05, 4.69) is 15.3 Å². The van der Waals surface area contributed by atoms with Crippen LogP contribution in [0.25, 0.3) is 0 Å². The van der Waals surface area contributed by atoms with Crippen molar-refractivity contribution >= 4 is 9.84 Å². The van der Waals surface area contributed by atoms with E-state index in [1.165, 1.54) is 6.26 Å². The highest BCUT2D eigenvalue weighted by atomic mass is 32.2. The zero-order valence-corrected chi connectivity index (χ0v) is 10.4. The molecule has 1 unspecified atom stereocenters. The number of rotatable bonds is 6. The quantitative estimate of drug-likeness (QED) is 0.790. The van der Waals surface area contributed by atoms with E-state index in [1.807, 2.05) is 6.92 Å². The Hall–Kier alpha value is -1.01. The molecule has 0 bridgehead atoms. The smallest absolute Gasteiger partial charge is 0.147 e. The maximum Gasteiger partial charge on any atom is 0.147 e. The minimum Gasteiger partial charge on any atom is -0.308 e. The van der Waals surface area contributed by atoms with Gasteiger partial charge in [-0.3, -0.25) is 0 Å². The zero-order valence-electron chi connectivity index (χ0n) is 9.55. The molecule has 0 spiro atoms. The largest absolute Gasteiger partial charge is 0.308 e. The van der Waals surface area contributed by atoms with Crippen molar-refractivity contribution in [2.24, 2.45) is 0 Å². The second-order valence-corrected chi connectivity index (χ2v) is 5.90. The summed E-state index contributed by atoms with van der Waals surface area (Å²) in [4.78, 5) is 8.26. The molecule has 0 radical (unpaired) electrons. The van der Waals surface area contributed by atoms with Gasteiger partial charge in [0.2, 0.25) is 0 Å². The van der Waals surface area contributed by atoms with Gasteiger partial charge < -0.3 is 5.32 Å². The summed E-state index contributed by atoms with van der Waals surface area (Å²) in [5.74, 6) is 0.788. The topological polar surface area (TPSA) is 72.0 Å². The number of hydrogen-bond donors (Lipinski definition) is 1. The molecule has 0 aliphatic heterocycles. The summed E-state index contributed by atoms with van der Waals surface area (Å²) in [6.45, 7) is 2.73. The van der Waals surface area contributed by atoms with Gasteiger partial charge in [0.15, 0.2) is 0 Å². The average Bonchev–Trinajstić information content (AvgIpc) is 2.24. The van der Waals surface area contributed by atoms with Crippen molar-refractivity contribution in [3.8, 4) is 0 Å². The first kappa shape index (κ1) is 13.1. The Balaban J connectivity index is 2.69. The minimum atomic E-state index is -2.94. The van der Waals surface area contributed by atoms with Crippen molar-refractivity contribution in [1.82, 2.24) is 15.3 Å². The predicted octanol–water partition coefficient (Wildman–Crippen LogP) is 0.562. The molecule has 0 saturated carbocycles. The Morgan fingerprint density at radius 3 is 2.50 bits per heavy atom. The lowest BCUT2D eigenvalue weighted by atomic mass is 10.2. The third-order valence-corrected chi connectivity index (χ3v) is 3.10. The van der Waals surface area contributed by atoms with E-state index in [0.29, 0.717) is 12.2 Å². The Bertz CT molecular complexity index is 405. The monoisotopic (exact) mass is 243 g/mol. The fourth-order valence-electron chi connectivity index (χ4n) is 1.39. The Kier molecular flexibility index (Phi) is 4.82. The molecule has 5 nitrogen and oxygen atoms in total. The summed E-state index contributed by atoms with van der Waals surface area (Å²) in [7, 11) is -2.94. The summed E-state index contributed by atoms with van der Waals surface area (Å²) in [6, 6.07) is 1.64. The van der Waals surface area contributed by atoms with E-state index >= 15 is 0 Å². The number of sulfone groups is 1. The van der Waals surface area contributed by atoms with Gasteiger partial charge in [0, 0.05) is 18.6 Å². The van der Waals surface area contributed by atoms with Crippen LogP contribution >= 0.6 is 0 Å². The molecule has 0 aromatic carbocycles. The van der Waals surface area contributed by atoms with Crippen LogP contribution in [0.3, 0.4) is 0 Å². The summed E-state index contributed by atoms with van der Waals surface area (Å²) in [5, 5.41) is 3.18. The van der Waals surface area contributed by atoms with E-state index < -0.39 is 9.84 Å².